The zero-order valence-corrected chi connectivity index (χ0v) is 19.2. The van der Waals surface area contributed by atoms with Gasteiger partial charge in [0.25, 0.3) is 5.91 Å². The van der Waals surface area contributed by atoms with Crippen LogP contribution in [0.2, 0.25) is 0 Å². The molecule has 2 saturated heterocycles. The fourth-order valence-electron chi connectivity index (χ4n) is 5.90. The van der Waals surface area contributed by atoms with Gasteiger partial charge in [-0.15, -0.1) is 0 Å². The third kappa shape index (κ3) is 4.03. The smallest absolute Gasteiger partial charge is 0.318 e. The molecule has 1 aliphatic carbocycles. The Morgan fingerprint density at radius 1 is 1.21 bits per heavy atom. The fourth-order valence-corrected chi connectivity index (χ4v) is 5.90. The number of fused-ring (bicyclic) bond motifs is 2. The molecule has 9 nitrogen and oxygen atoms in total. The Kier molecular flexibility index (Phi) is 6.02. The van der Waals surface area contributed by atoms with Gasteiger partial charge < -0.3 is 25.3 Å². The van der Waals surface area contributed by atoms with Gasteiger partial charge in [0.2, 0.25) is 11.8 Å². The number of rotatable bonds is 6. The molecule has 2 aliphatic heterocycles. The van der Waals surface area contributed by atoms with Crippen molar-refractivity contribution in [2.45, 2.75) is 38.3 Å². The number of hydrogen-bond donors (Lipinski definition) is 3. The number of amides is 3. The molecule has 3 heterocycles. The molecule has 180 valence electrons. The third-order valence-electron chi connectivity index (χ3n) is 7.69. The normalized spacial score (nSPS) is 26.9. The van der Waals surface area contributed by atoms with E-state index < -0.39 is 29.9 Å². The highest BCUT2D eigenvalue weighted by Gasteiger charge is 2.48. The van der Waals surface area contributed by atoms with Crippen molar-refractivity contribution in [3.63, 3.8) is 0 Å². The van der Waals surface area contributed by atoms with Gasteiger partial charge in [-0.2, -0.15) is 0 Å². The molecular formula is C25H30N4O5. The number of carbonyl (C=O) groups is 4. The topological polar surface area (TPSA) is 121 Å². The number of nitrogens with one attached hydrogen (secondary N) is 3. The predicted molar refractivity (Wildman–Crippen MR) is 123 cm³/mol. The van der Waals surface area contributed by atoms with Gasteiger partial charge >= 0.3 is 5.97 Å². The maximum atomic E-state index is 13.5. The molecule has 0 unspecified atom stereocenters. The SMILES string of the molecule is COC(=O)[C@@H](C[C@H]1CCNC1=O)C(=O)N[C@@H]1[C@H]2CCC[C@H]2CN1C(=O)c1cc2ccccc2[nH]1. The van der Waals surface area contributed by atoms with Crippen LogP contribution in [0.5, 0.6) is 0 Å². The molecule has 0 radical (unpaired) electrons. The van der Waals surface area contributed by atoms with Gasteiger partial charge in [0.1, 0.15) is 17.8 Å². The summed E-state index contributed by atoms with van der Waals surface area (Å²) in [4.78, 5) is 56.3. The van der Waals surface area contributed by atoms with E-state index in [9.17, 15) is 19.2 Å². The van der Waals surface area contributed by atoms with Crippen LogP contribution >= 0.6 is 0 Å². The summed E-state index contributed by atoms with van der Waals surface area (Å²) in [5.41, 5.74) is 1.36. The summed E-state index contributed by atoms with van der Waals surface area (Å²) in [5.74, 6) is -2.49. The van der Waals surface area contributed by atoms with E-state index in [1.54, 1.807) is 4.90 Å². The molecule has 1 aromatic carbocycles. The number of benzene rings is 1. The van der Waals surface area contributed by atoms with Crippen LogP contribution in [0, 0.1) is 23.7 Å². The summed E-state index contributed by atoms with van der Waals surface area (Å²) in [6.07, 6.45) is 3.16. The summed E-state index contributed by atoms with van der Waals surface area (Å²) >= 11 is 0. The van der Waals surface area contributed by atoms with Crippen LogP contribution in [0.4, 0.5) is 0 Å². The Morgan fingerprint density at radius 2 is 2.03 bits per heavy atom. The molecule has 2 aromatic rings. The van der Waals surface area contributed by atoms with Crippen LogP contribution in [-0.2, 0) is 19.1 Å². The Morgan fingerprint density at radius 3 is 2.76 bits per heavy atom. The van der Waals surface area contributed by atoms with Gasteiger partial charge in [-0.3, -0.25) is 19.2 Å². The van der Waals surface area contributed by atoms with E-state index in [-0.39, 0.29) is 24.2 Å². The average Bonchev–Trinajstić information content (AvgIpc) is 3.61. The molecule has 3 aliphatic rings. The van der Waals surface area contributed by atoms with Gasteiger partial charge in [0, 0.05) is 35.8 Å². The van der Waals surface area contributed by atoms with Crippen LogP contribution in [0.15, 0.2) is 30.3 Å². The Labute approximate surface area is 197 Å². The number of para-hydroxylation sites is 1. The summed E-state index contributed by atoms with van der Waals surface area (Å²) in [5, 5.41) is 6.71. The lowest BCUT2D eigenvalue weighted by Gasteiger charge is -2.30. The van der Waals surface area contributed by atoms with Crippen LogP contribution < -0.4 is 10.6 Å². The van der Waals surface area contributed by atoms with Crippen LogP contribution in [0.25, 0.3) is 10.9 Å². The van der Waals surface area contributed by atoms with Crippen molar-refractivity contribution in [2.24, 2.45) is 23.7 Å². The first-order valence-electron chi connectivity index (χ1n) is 12.0. The summed E-state index contributed by atoms with van der Waals surface area (Å²) in [6.45, 7) is 1.11. The molecule has 0 spiro atoms. The number of carbonyl (C=O) groups excluding carboxylic acids is 4. The lowest BCUT2D eigenvalue weighted by Crippen LogP contribution is -2.52. The highest BCUT2D eigenvalue weighted by Crippen LogP contribution is 2.42. The summed E-state index contributed by atoms with van der Waals surface area (Å²) < 4.78 is 4.89. The van der Waals surface area contributed by atoms with Crippen molar-refractivity contribution in [3.8, 4) is 0 Å². The second-order valence-electron chi connectivity index (χ2n) is 9.62. The Hall–Kier alpha value is -3.36. The highest BCUT2D eigenvalue weighted by molar-refractivity contribution is 6.00. The predicted octanol–water partition coefficient (Wildman–Crippen LogP) is 1.80. The van der Waals surface area contributed by atoms with E-state index >= 15 is 0 Å². The van der Waals surface area contributed by atoms with Gasteiger partial charge in [-0.25, -0.2) is 0 Å². The van der Waals surface area contributed by atoms with Crippen LogP contribution in [0.3, 0.4) is 0 Å². The Bertz CT molecular complexity index is 1090. The lowest BCUT2D eigenvalue weighted by molar-refractivity contribution is -0.151. The van der Waals surface area contributed by atoms with E-state index in [0.29, 0.717) is 31.1 Å². The first-order chi connectivity index (χ1) is 16.5. The van der Waals surface area contributed by atoms with Crippen molar-refractivity contribution in [1.82, 2.24) is 20.5 Å². The van der Waals surface area contributed by atoms with Crippen molar-refractivity contribution in [1.29, 1.82) is 0 Å². The standard InChI is InChI=1S/C25H30N4O5/c1-34-25(33)18(11-15-9-10-26-22(15)30)23(31)28-21-17-7-4-6-16(17)13-29(21)24(32)20-12-14-5-2-3-8-19(14)27-20/h2-3,5,8,12,15-18,21,27H,4,6-7,9-11,13H2,1H3,(H,26,30)(H,28,31)/t15-,16+,17+,18+,21+/m1/s1. The Balaban J connectivity index is 1.37. The molecule has 5 rings (SSSR count). The number of aromatic nitrogens is 1. The fraction of sp³-hybridized carbons (Fsp3) is 0.520. The second-order valence-corrected chi connectivity index (χ2v) is 9.62. The maximum Gasteiger partial charge on any atom is 0.318 e. The molecule has 9 heteroatoms. The van der Waals surface area contributed by atoms with Gasteiger partial charge in [-0.1, -0.05) is 24.6 Å². The number of hydrogen-bond acceptors (Lipinski definition) is 5. The number of esters is 1. The maximum absolute atomic E-state index is 13.5. The van der Waals surface area contributed by atoms with E-state index in [0.717, 1.165) is 30.2 Å². The van der Waals surface area contributed by atoms with Crippen molar-refractivity contribution < 1.29 is 23.9 Å². The zero-order valence-electron chi connectivity index (χ0n) is 19.2. The molecule has 3 amide bonds. The number of aromatic amines is 1. The lowest BCUT2D eigenvalue weighted by atomic mass is 9.92. The first-order valence-corrected chi connectivity index (χ1v) is 12.0. The molecule has 0 bridgehead atoms. The average molecular weight is 467 g/mol. The number of H-pyrrole nitrogens is 1. The van der Waals surface area contributed by atoms with Gasteiger partial charge in [0.05, 0.1) is 7.11 Å². The van der Waals surface area contributed by atoms with Crippen LogP contribution in [-0.4, -0.2) is 59.9 Å². The molecular weight excluding hydrogens is 436 g/mol. The van der Waals surface area contributed by atoms with Crippen molar-refractivity contribution in [2.75, 3.05) is 20.2 Å². The highest BCUT2D eigenvalue weighted by atomic mass is 16.5. The van der Waals surface area contributed by atoms with E-state index in [1.165, 1.54) is 7.11 Å². The quantitative estimate of drug-likeness (QED) is 0.443. The summed E-state index contributed by atoms with van der Waals surface area (Å²) in [7, 11) is 1.24. The van der Waals surface area contributed by atoms with Gasteiger partial charge in [-0.05, 0) is 43.7 Å². The number of ether oxygens (including phenoxy) is 1. The minimum atomic E-state index is -1.09. The number of likely N-dealkylation sites (tertiary alicyclic amines) is 1. The minimum absolute atomic E-state index is 0.0983. The molecule has 3 N–H and O–H groups in total. The molecule has 5 atom stereocenters. The molecule has 1 saturated carbocycles. The second kappa shape index (κ2) is 9.12. The van der Waals surface area contributed by atoms with E-state index in [1.807, 2.05) is 30.3 Å². The van der Waals surface area contributed by atoms with Gasteiger partial charge in [0.15, 0.2) is 0 Å². The minimum Gasteiger partial charge on any atom is -0.468 e. The third-order valence-corrected chi connectivity index (χ3v) is 7.69. The molecule has 34 heavy (non-hydrogen) atoms. The van der Waals surface area contributed by atoms with Crippen molar-refractivity contribution in [3.05, 3.63) is 36.0 Å². The largest absolute Gasteiger partial charge is 0.468 e. The number of nitrogens with zero attached hydrogens (tertiary/aromatic N) is 1. The van der Waals surface area contributed by atoms with E-state index in [2.05, 4.69) is 15.6 Å². The summed E-state index contributed by atoms with van der Waals surface area (Å²) in [6, 6.07) is 9.53. The number of methoxy groups -OCH3 is 1. The molecule has 3 fully saturated rings. The van der Waals surface area contributed by atoms with Crippen molar-refractivity contribution >= 4 is 34.6 Å². The van der Waals surface area contributed by atoms with Crippen LogP contribution in [0.1, 0.15) is 42.6 Å². The zero-order chi connectivity index (χ0) is 23.8. The van der Waals surface area contributed by atoms with E-state index in [4.69, 9.17) is 4.74 Å². The molecule has 1 aromatic heterocycles. The monoisotopic (exact) mass is 466 g/mol. The first kappa shape index (κ1) is 22.4.